The number of alkyl halides is 3. The van der Waals surface area contributed by atoms with Gasteiger partial charge in [0.15, 0.2) is 0 Å². The molecule has 0 saturated heterocycles. The molecule has 9 heteroatoms. The number of hydrogen-bond donors (Lipinski definition) is 0. The van der Waals surface area contributed by atoms with E-state index in [1.165, 1.54) is 0 Å². The summed E-state index contributed by atoms with van der Waals surface area (Å²) in [5, 5.41) is 0. The van der Waals surface area contributed by atoms with Crippen LogP contribution in [0.1, 0.15) is 33.6 Å². The fraction of sp³-hybridized carbons (Fsp3) is 0.818. The van der Waals surface area contributed by atoms with Gasteiger partial charge in [0, 0.05) is 9.90 Å². The van der Waals surface area contributed by atoms with Crippen LogP contribution in [-0.2, 0) is 18.8 Å². The van der Waals surface area contributed by atoms with E-state index in [-0.39, 0.29) is 17.1 Å². The van der Waals surface area contributed by atoms with Crippen molar-refractivity contribution in [3.05, 3.63) is 10.2 Å². The van der Waals surface area contributed by atoms with Gasteiger partial charge in [-0.2, -0.15) is 8.42 Å². The Kier molecular flexibility index (Phi) is 3.51. The maximum Gasteiger partial charge on any atom is 0.539 e. The summed E-state index contributed by atoms with van der Waals surface area (Å²) in [4.78, 5) is 0. The lowest BCUT2D eigenvalue weighted by Crippen LogP contribution is -2.32. The van der Waals surface area contributed by atoms with Gasteiger partial charge in [0.2, 0.25) is 0 Å². The van der Waals surface area contributed by atoms with E-state index in [9.17, 15) is 21.6 Å². The van der Waals surface area contributed by atoms with Crippen molar-refractivity contribution in [3.63, 3.8) is 0 Å². The molecule has 20 heavy (non-hydrogen) atoms. The van der Waals surface area contributed by atoms with E-state index in [1.54, 1.807) is 6.92 Å². The van der Waals surface area contributed by atoms with Gasteiger partial charge in [0.1, 0.15) is 5.76 Å². The van der Waals surface area contributed by atoms with Crippen LogP contribution in [0, 0.1) is 16.7 Å². The highest BCUT2D eigenvalue weighted by Crippen LogP contribution is 2.69. The second-order valence-corrected chi connectivity index (χ2v) is 7.85. The zero-order valence-corrected chi connectivity index (χ0v) is 13.4. The number of rotatable bonds is 3. The third kappa shape index (κ3) is 2.37. The Morgan fingerprint density at radius 2 is 1.85 bits per heavy atom. The average Bonchev–Trinajstić information content (AvgIpc) is 2.48. The average molecular weight is 379 g/mol. The minimum absolute atomic E-state index is 0.0167. The Morgan fingerprint density at radius 1 is 1.30 bits per heavy atom. The highest BCUT2D eigenvalue weighted by molar-refractivity contribution is 9.11. The number of fused-ring (bicyclic) bond motifs is 2. The minimum atomic E-state index is -5.31. The summed E-state index contributed by atoms with van der Waals surface area (Å²) in [5.41, 5.74) is -0.937. The monoisotopic (exact) mass is 378 g/mol. The lowest BCUT2D eigenvalue weighted by Gasteiger charge is -2.35. The van der Waals surface area contributed by atoms with Crippen LogP contribution in [0.3, 0.4) is 0 Å². The fourth-order valence-corrected chi connectivity index (χ4v) is 5.31. The maximum atomic E-state index is 12.0. The smallest absolute Gasteiger partial charge is 0.365 e. The minimum Gasteiger partial charge on any atom is -0.365 e. The predicted molar refractivity (Wildman–Crippen MR) is 67.7 cm³/mol. The van der Waals surface area contributed by atoms with E-state index in [2.05, 4.69) is 24.3 Å². The topological polar surface area (TPSA) is 52.6 Å². The highest BCUT2D eigenvalue weighted by Gasteiger charge is 2.62. The van der Waals surface area contributed by atoms with Crippen molar-refractivity contribution >= 4 is 26.3 Å². The van der Waals surface area contributed by atoms with Gasteiger partial charge in [0.25, 0.3) is 0 Å². The summed E-state index contributed by atoms with van der Waals surface area (Å²) in [7, 11) is -5.18. The van der Waals surface area contributed by atoms with E-state index in [0.29, 0.717) is 10.9 Å². The fourth-order valence-electron chi connectivity index (χ4n) is 3.14. The van der Waals surface area contributed by atoms with Crippen LogP contribution >= 0.6 is 15.9 Å². The van der Waals surface area contributed by atoms with Crippen molar-refractivity contribution < 1.29 is 30.0 Å². The Bertz CT molecular complexity index is 567. The third-order valence-electron chi connectivity index (χ3n) is 4.63. The second-order valence-electron chi connectivity index (χ2n) is 5.84. The molecule has 0 aromatic rings. The molecular weight excluding hydrogens is 365 g/mol. The van der Waals surface area contributed by atoms with Crippen molar-refractivity contribution in [1.82, 2.24) is 0 Å². The maximum absolute atomic E-state index is 12.0. The molecule has 2 rings (SSSR count). The van der Waals surface area contributed by atoms with Crippen molar-refractivity contribution in [1.29, 1.82) is 0 Å². The first kappa shape index (κ1) is 16.1. The van der Waals surface area contributed by atoms with Gasteiger partial charge >= 0.3 is 16.8 Å². The number of hydrogen-bond acceptors (Lipinski definition) is 4. The molecule has 2 aliphatic carbocycles. The summed E-state index contributed by atoms with van der Waals surface area (Å²) in [5.74, 6) is 0.0478. The molecule has 0 radical (unpaired) electrons. The van der Waals surface area contributed by atoms with Gasteiger partial charge in [-0.3, -0.25) is 0 Å². The first-order valence-corrected chi connectivity index (χ1v) is 8.05. The van der Waals surface area contributed by atoms with Crippen LogP contribution in [0.4, 0.5) is 13.2 Å². The molecule has 1 saturated carbocycles. The summed E-state index contributed by atoms with van der Waals surface area (Å²) in [6.45, 7) is 5.68. The van der Waals surface area contributed by atoms with Gasteiger partial charge in [-0.1, -0.05) is 36.7 Å². The van der Waals surface area contributed by atoms with Crippen molar-refractivity contribution in [2.45, 2.75) is 40.0 Å². The molecule has 2 aliphatic rings. The summed E-state index contributed by atoms with van der Waals surface area (Å²) < 4.78 is 67.0. The van der Waals surface area contributed by atoms with Gasteiger partial charge in [-0.15, -0.1) is 17.4 Å². The van der Waals surface area contributed by atoms with E-state index >= 15 is 0 Å². The molecule has 4 nitrogen and oxygen atoms in total. The number of allylic oxidation sites excluding steroid dienone is 2. The largest absolute Gasteiger partial charge is 0.539 e. The first-order valence-electron chi connectivity index (χ1n) is 5.92. The quantitative estimate of drug-likeness (QED) is 0.748. The first-order chi connectivity index (χ1) is 8.80. The van der Waals surface area contributed by atoms with Crippen molar-refractivity contribution in [2.24, 2.45) is 16.7 Å². The van der Waals surface area contributed by atoms with E-state index in [4.69, 9.17) is 0 Å². The summed E-state index contributed by atoms with van der Waals surface area (Å²) >= 11 is 3.26. The molecule has 0 spiro atoms. The van der Waals surface area contributed by atoms with E-state index in [1.807, 2.05) is 13.8 Å². The predicted octanol–water partition coefficient (Wildman–Crippen LogP) is 3.85. The Morgan fingerprint density at radius 3 is 2.25 bits per heavy atom. The molecule has 1 fully saturated rings. The van der Waals surface area contributed by atoms with Crippen LogP contribution in [-0.4, -0.2) is 14.8 Å². The third-order valence-corrected chi connectivity index (χ3v) is 6.31. The van der Waals surface area contributed by atoms with Gasteiger partial charge in [0.05, 0.1) is 0 Å². The van der Waals surface area contributed by atoms with Crippen LogP contribution in [0.5, 0.6) is 0 Å². The Hall–Kier alpha value is -0.280. The Labute approximate surface area is 123 Å². The van der Waals surface area contributed by atoms with Gasteiger partial charge in [-0.25, -0.2) is 0 Å². The van der Waals surface area contributed by atoms with E-state index < -0.39 is 22.2 Å². The van der Waals surface area contributed by atoms with Gasteiger partial charge < -0.3 is 4.18 Å². The zero-order chi connectivity index (χ0) is 15.6. The standard InChI is InChI=1S/C11H14BrF3O4S/c1-9(2)6-4-5-10(9,3)8(7(6)12)18-20(16,17)19-11(13,14)15/h6H,4-5H2,1-3H3/t6?,10-/m0/s1. The molecule has 2 bridgehead atoms. The molecule has 0 N–H and O–H groups in total. The molecule has 0 heterocycles. The molecule has 0 amide bonds. The van der Waals surface area contributed by atoms with Crippen molar-refractivity contribution in [3.8, 4) is 0 Å². The van der Waals surface area contributed by atoms with Gasteiger partial charge in [-0.05, 0) is 24.2 Å². The van der Waals surface area contributed by atoms with Crippen LogP contribution in [0.2, 0.25) is 0 Å². The molecule has 0 aromatic carbocycles. The normalized spacial score (nSPS) is 32.9. The molecular formula is C11H14BrF3O4S. The Balaban J connectivity index is 2.32. The molecule has 0 aliphatic heterocycles. The zero-order valence-electron chi connectivity index (χ0n) is 11.0. The molecule has 116 valence electrons. The lowest BCUT2D eigenvalue weighted by atomic mass is 9.70. The number of halogens is 4. The second kappa shape index (κ2) is 4.36. The van der Waals surface area contributed by atoms with Crippen molar-refractivity contribution in [2.75, 3.05) is 0 Å². The van der Waals surface area contributed by atoms with Crippen LogP contribution < -0.4 is 0 Å². The van der Waals surface area contributed by atoms with Crippen LogP contribution in [0.15, 0.2) is 10.2 Å². The summed E-state index contributed by atoms with van der Waals surface area (Å²) in [6.07, 6.45) is -3.83. The van der Waals surface area contributed by atoms with E-state index in [0.717, 1.165) is 6.42 Å². The van der Waals surface area contributed by atoms with Crippen LogP contribution in [0.25, 0.3) is 0 Å². The highest BCUT2D eigenvalue weighted by atomic mass is 79.9. The lowest BCUT2D eigenvalue weighted by molar-refractivity contribution is -0.275. The molecule has 2 atom stereocenters. The SMILES string of the molecule is CC1(C)C2CC[C@@]1(C)C(OS(=O)(=O)OC(F)(F)F)=C2Br. The molecule has 0 aromatic heterocycles. The summed E-state index contributed by atoms with van der Waals surface area (Å²) in [6, 6.07) is 0. The molecule has 1 unspecified atom stereocenters.